The van der Waals surface area contributed by atoms with Gasteiger partial charge in [0.15, 0.2) is 0 Å². The van der Waals surface area contributed by atoms with E-state index in [1.54, 1.807) is 6.92 Å². The Kier molecular flexibility index (Phi) is 6.15. The molecular formula is C20H21ClF3N3O. The molecule has 4 nitrogen and oxygen atoms in total. The molecule has 1 amide bonds. The van der Waals surface area contributed by atoms with Crippen molar-refractivity contribution in [3.05, 3.63) is 59.1 Å². The van der Waals surface area contributed by atoms with Crippen molar-refractivity contribution in [2.24, 2.45) is 0 Å². The quantitative estimate of drug-likeness (QED) is 0.804. The minimum atomic E-state index is -4.60. The SMILES string of the molecule is CC(C(=O)Nc1ccc(Cl)cc1C(F)(F)F)N1CCN(c2ccccc2)CC1. The molecule has 150 valence electrons. The molecule has 1 N–H and O–H groups in total. The van der Waals surface area contributed by atoms with Crippen LogP contribution in [0.1, 0.15) is 12.5 Å². The smallest absolute Gasteiger partial charge is 0.369 e. The highest BCUT2D eigenvalue weighted by molar-refractivity contribution is 6.30. The zero-order chi connectivity index (χ0) is 20.3. The van der Waals surface area contributed by atoms with Gasteiger partial charge in [-0.2, -0.15) is 13.2 Å². The van der Waals surface area contributed by atoms with E-state index in [4.69, 9.17) is 11.6 Å². The number of hydrogen-bond donors (Lipinski definition) is 1. The van der Waals surface area contributed by atoms with Crippen molar-refractivity contribution in [3.8, 4) is 0 Å². The van der Waals surface area contributed by atoms with Crippen LogP contribution in [0.5, 0.6) is 0 Å². The van der Waals surface area contributed by atoms with Crippen LogP contribution in [0, 0.1) is 0 Å². The van der Waals surface area contributed by atoms with Crippen molar-refractivity contribution >= 4 is 28.9 Å². The third-order valence-corrected chi connectivity index (χ3v) is 5.14. The maximum atomic E-state index is 13.2. The predicted octanol–water partition coefficient (Wildman–Crippen LogP) is 4.51. The number of carbonyl (C=O) groups excluding carboxylic acids is 1. The fourth-order valence-corrected chi connectivity index (χ4v) is 3.44. The number of anilines is 2. The second-order valence-electron chi connectivity index (χ2n) is 6.71. The first-order valence-corrected chi connectivity index (χ1v) is 9.35. The Balaban J connectivity index is 1.63. The van der Waals surface area contributed by atoms with Crippen molar-refractivity contribution in [2.45, 2.75) is 19.1 Å². The first-order valence-electron chi connectivity index (χ1n) is 8.97. The van der Waals surface area contributed by atoms with Gasteiger partial charge in [0.05, 0.1) is 17.3 Å². The van der Waals surface area contributed by atoms with Gasteiger partial charge in [-0.25, -0.2) is 0 Å². The number of benzene rings is 2. The van der Waals surface area contributed by atoms with Crippen LogP contribution >= 0.6 is 11.6 Å². The van der Waals surface area contributed by atoms with Crippen molar-refractivity contribution in [3.63, 3.8) is 0 Å². The predicted molar refractivity (Wildman–Crippen MR) is 105 cm³/mol. The fraction of sp³-hybridized carbons (Fsp3) is 0.350. The number of hydrogen-bond acceptors (Lipinski definition) is 3. The van der Waals surface area contributed by atoms with Crippen molar-refractivity contribution < 1.29 is 18.0 Å². The van der Waals surface area contributed by atoms with Gasteiger partial charge in [-0.3, -0.25) is 9.69 Å². The molecule has 8 heteroatoms. The average Bonchev–Trinajstić information content (AvgIpc) is 2.68. The van der Waals surface area contributed by atoms with Gasteiger partial charge in [0.2, 0.25) is 5.91 Å². The highest BCUT2D eigenvalue weighted by atomic mass is 35.5. The monoisotopic (exact) mass is 411 g/mol. The summed E-state index contributed by atoms with van der Waals surface area (Å²) in [5, 5.41) is 2.38. The first-order chi connectivity index (χ1) is 13.3. The average molecular weight is 412 g/mol. The molecular weight excluding hydrogens is 391 g/mol. The van der Waals surface area contributed by atoms with E-state index in [1.165, 1.54) is 12.1 Å². The molecule has 1 aliphatic heterocycles. The lowest BCUT2D eigenvalue weighted by Crippen LogP contribution is -2.52. The van der Waals surface area contributed by atoms with Gasteiger partial charge in [-0.15, -0.1) is 0 Å². The Morgan fingerprint density at radius 1 is 1.07 bits per heavy atom. The summed E-state index contributed by atoms with van der Waals surface area (Å²) >= 11 is 5.68. The largest absolute Gasteiger partial charge is 0.418 e. The van der Waals surface area contributed by atoms with Gasteiger partial charge < -0.3 is 10.2 Å². The Morgan fingerprint density at radius 2 is 1.71 bits per heavy atom. The van der Waals surface area contributed by atoms with E-state index in [0.29, 0.717) is 13.1 Å². The zero-order valence-electron chi connectivity index (χ0n) is 15.3. The number of piperazine rings is 1. The van der Waals surface area contributed by atoms with Crippen molar-refractivity contribution in [1.82, 2.24) is 4.90 Å². The van der Waals surface area contributed by atoms with Crippen LogP contribution in [0.15, 0.2) is 48.5 Å². The molecule has 1 atom stereocenters. The van der Waals surface area contributed by atoms with E-state index < -0.39 is 23.7 Å². The number of amides is 1. The number of alkyl halides is 3. The van der Waals surface area contributed by atoms with Crippen LogP contribution in [0.25, 0.3) is 0 Å². The Hall–Kier alpha value is -2.25. The summed E-state index contributed by atoms with van der Waals surface area (Å²) in [6.07, 6.45) is -4.60. The van der Waals surface area contributed by atoms with Gasteiger partial charge in [-0.1, -0.05) is 29.8 Å². The summed E-state index contributed by atoms with van der Waals surface area (Å²) in [5.41, 5.74) is -0.110. The van der Waals surface area contributed by atoms with Crippen LogP contribution in [0.4, 0.5) is 24.5 Å². The molecule has 2 aromatic carbocycles. The normalized spacial score (nSPS) is 16.7. The summed E-state index contributed by atoms with van der Waals surface area (Å²) in [5.74, 6) is -0.471. The summed E-state index contributed by atoms with van der Waals surface area (Å²) in [4.78, 5) is 16.8. The fourth-order valence-electron chi connectivity index (χ4n) is 3.27. The Labute approximate surface area is 166 Å². The summed E-state index contributed by atoms with van der Waals surface area (Å²) in [6, 6.07) is 12.8. The van der Waals surface area contributed by atoms with Gasteiger partial charge in [-0.05, 0) is 37.3 Å². The zero-order valence-corrected chi connectivity index (χ0v) is 16.1. The van der Waals surface area contributed by atoms with Crippen LogP contribution < -0.4 is 10.2 Å². The minimum absolute atomic E-state index is 0.0320. The van der Waals surface area contributed by atoms with Gasteiger partial charge in [0.25, 0.3) is 0 Å². The third-order valence-electron chi connectivity index (χ3n) is 4.91. The minimum Gasteiger partial charge on any atom is -0.369 e. The maximum Gasteiger partial charge on any atom is 0.418 e. The summed E-state index contributed by atoms with van der Waals surface area (Å²) in [6.45, 7) is 4.50. The van der Waals surface area contributed by atoms with E-state index in [0.717, 1.165) is 24.8 Å². The summed E-state index contributed by atoms with van der Waals surface area (Å²) < 4.78 is 39.6. The standard InChI is InChI=1S/C20H21ClF3N3O/c1-14(26-9-11-27(12-10-26)16-5-3-2-4-6-16)19(28)25-18-8-7-15(21)13-17(18)20(22,23)24/h2-8,13-14H,9-12H2,1H3,(H,25,28). The molecule has 2 aromatic rings. The molecule has 1 saturated heterocycles. The second kappa shape index (κ2) is 8.41. The van der Waals surface area contributed by atoms with Crippen molar-refractivity contribution in [2.75, 3.05) is 36.4 Å². The van der Waals surface area contributed by atoms with E-state index >= 15 is 0 Å². The molecule has 1 heterocycles. The van der Waals surface area contributed by atoms with E-state index in [1.807, 2.05) is 35.2 Å². The molecule has 0 radical (unpaired) electrons. The second-order valence-corrected chi connectivity index (χ2v) is 7.15. The number of nitrogens with zero attached hydrogens (tertiary/aromatic N) is 2. The van der Waals surface area contributed by atoms with Gasteiger partial charge in [0, 0.05) is 36.9 Å². The van der Waals surface area contributed by atoms with Gasteiger partial charge in [0.1, 0.15) is 0 Å². The van der Waals surface area contributed by atoms with Crippen molar-refractivity contribution in [1.29, 1.82) is 0 Å². The number of rotatable bonds is 4. The molecule has 0 bridgehead atoms. The van der Waals surface area contributed by atoms with E-state index in [9.17, 15) is 18.0 Å². The molecule has 0 aromatic heterocycles. The van der Waals surface area contributed by atoms with Crippen LogP contribution in [-0.2, 0) is 11.0 Å². The number of carbonyl (C=O) groups is 1. The lowest BCUT2D eigenvalue weighted by Gasteiger charge is -2.38. The number of nitrogens with one attached hydrogen (secondary N) is 1. The van der Waals surface area contributed by atoms with Crippen LogP contribution in [0.3, 0.4) is 0 Å². The van der Waals surface area contributed by atoms with Crippen LogP contribution in [0.2, 0.25) is 5.02 Å². The molecule has 0 aliphatic carbocycles. The molecule has 1 aliphatic rings. The van der Waals surface area contributed by atoms with Gasteiger partial charge >= 0.3 is 6.18 Å². The van der Waals surface area contributed by atoms with Crippen LogP contribution in [-0.4, -0.2) is 43.0 Å². The summed E-state index contributed by atoms with van der Waals surface area (Å²) in [7, 11) is 0. The number of halogens is 4. The Bertz CT molecular complexity index is 821. The molecule has 0 spiro atoms. The first kappa shape index (κ1) is 20.5. The third kappa shape index (κ3) is 4.77. The molecule has 0 saturated carbocycles. The lowest BCUT2D eigenvalue weighted by molar-refractivity contribution is -0.137. The highest BCUT2D eigenvalue weighted by Gasteiger charge is 2.35. The molecule has 28 heavy (non-hydrogen) atoms. The number of para-hydroxylation sites is 1. The highest BCUT2D eigenvalue weighted by Crippen LogP contribution is 2.36. The lowest BCUT2D eigenvalue weighted by atomic mass is 10.1. The van der Waals surface area contributed by atoms with E-state index in [-0.39, 0.29) is 10.7 Å². The topological polar surface area (TPSA) is 35.6 Å². The maximum absolute atomic E-state index is 13.2. The Morgan fingerprint density at radius 3 is 2.32 bits per heavy atom. The molecule has 1 unspecified atom stereocenters. The molecule has 1 fully saturated rings. The van der Waals surface area contributed by atoms with E-state index in [2.05, 4.69) is 10.2 Å². The molecule has 3 rings (SSSR count).